The third-order valence-electron chi connectivity index (χ3n) is 3.38. The number of aliphatic hydroxyl groups is 1. The summed E-state index contributed by atoms with van der Waals surface area (Å²) in [5.41, 5.74) is 3.05. The molecule has 0 spiro atoms. The Bertz CT molecular complexity index is 766. The molecule has 2 N–H and O–H groups in total. The number of carbonyl (C=O) groups is 1. The summed E-state index contributed by atoms with van der Waals surface area (Å²) in [6.07, 6.45) is 1.86. The maximum absolute atomic E-state index is 12.2. The van der Waals surface area contributed by atoms with Crippen LogP contribution < -0.4 is 5.32 Å². The van der Waals surface area contributed by atoms with Gasteiger partial charge in [0.05, 0.1) is 0 Å². The molecule has 1 heterocycles. The summed E-state index contributed by atoms with van der Waals surface area (Å²) in [6, 6.07) is 14.3. The summed E-state index contributed by atoms with van der Waals surface area (Å²) < 4.78 is 4.70. The maximum atomic E-state index is 12.2. The molecule has 6 nitrogen and oxygen atoms in total. The monoisotopic (exact) mass is 309 g/mol. The number of rotatable bonds is 5. The SMILES string of the molecule is O=C(Nc1ccc(CCO)cc1)c1ccc(-c2ncon2)cc1. The zero-order valence-electron chi connectivity index (χ0n) is 12.3. The number of carbonyl (C=O) groups excluding carboxylic acids is 1. The van der Waals surface area contributed by atoms with Gasteiger partial charge in [-0.1, -0.05) is 29.4 Å². The van der Waals surface area contributed by atoms with E-state index in [1.165, 1.54) is 6.39 Å². The van der Waals surface area contributed by atoms with Crippen molar-refractivity contribution in [2.45, 2.75) is 6.42 Å². The predicted octanol–water partition coefficient (Wildman–Crippen LogP) is 2.52. The summed E-state index contributed by atoms with van der Waals surface area (Å²) in [6.45, 7) is 0.110. The van der Waals surface area contributed by atoms with Gasteiger partial charge in [-0.2, -0.15) is 4.98 Å². The largest absolute Gasteiger partial charge is 0.396 e. The van der Waals surface area contributed by atoms with Crippen LogP contribution in [0.25, 0.3) is 11.4 Å². The quantitative estimate of drug-likeness (QED) is 0.756. The van der Waals surface area contributed by atoms with Crippen molar-refractivity contribution in [3.63, 3.8) is 0 Å². The Hall–Kier alpha value is -2.99. The molecule has 0 aliphatic heterocycles. The molecule has 3 aromatic rings. The molecule has 1 aromatic heterocycles. The van der Waals surface area contributed by atoms with Crippen LogP contribution in [-0.4, -0.2) is 27.8 Å². The van der Waals surface area contributed by atoms with Crippen LogP contribution in [0.4, 0.5) is 5.69 Å². The average molecular weight is 309 g/mol. The molecule has 116 valence electrons. The fraction of sp³-hybridized carbons (Fsp3) is 0.118. The first-order valence-electron chi connectivity index (χ1n) is 7.14. The van der Waals surface area contributed by atoms with E-state index < -0.39 is 0 Å². The van der Waals surface area contributed by atoms with Crippen molar-refractivity contribution >= 4 is 11.6 Å². The lowest BCUT2D eigenvalue weighted by molar-refractivity contribution is 0.102. The van der Waals surface area contributed by atoms with Gasteiger partial charge in [0.25, 0.3) is 5.91 Å². The summed E-state index contributed by atoms with van der Waals surface area (Å²) in [4.78, 5) is 16.2. The van der Waals surface area contributed by atoms with Crippen molar-refractivity contribution in [3.8, 4) is 11.4 Å². The topological polar surface area (TPSA) is 88.2 Å². The van der Waals surface area contributed by atoms with Crippen LogP contribution in [0.5, 0.6) is 0 Å². The van der Waals surface area contributed by atoms with Crippen molar-refractivity contribution in [3.05, 3.63) is 66.1 Å². The second-order valence-corrected chi connectivity index (χ2v) is 4.96. The first-order valence-corrected chi connectivity index (χ1v) is 7.14. The predicted molar refractivity (Wildman–Crippen MR) is 84.9 cm³/mol. The summed E-state index contributed by atoms with van der Waals surface area (Å²) in [7, 11) is 0. The molecular formula is C17H15N3O3. The van der Waals surface area contributed by atoms with E-state index >= 15 is 0 Å². The van der Waals surface area contributed by atoms with Crippen molar-refractivity contribution in [2.75, 3.05) is 11.9 Å². The Morgan fingerprint density at radius 1 is 1.09 bits per heavy atom. The van der Waals surface area contributed by atoms with E-state index in [0.717, 1.165) is 11.1 Å². The number of benzene rings is 2. The van der Waals surface area contributed by atoms with Gasteiger partial charge in [-0.3, -0.25) is 4.79 Å². The zero-order chi connectivity index (χ0) is 16.1. The van der Waals surface area contributed by atoms with E-state index in [1.807, 2.05) is 24.3 Å². The number of anilines is 1. The fourth-order valence-corrected chi connectivity index (χ4v) is 2.16. The number of hydrogen-bond donors (Lipinski definition) is 2. The summed E-state index contributed by atoms with van der Waals surface area (Å²) in [5, 5.41) is 15.5. The maximum Gasteiger partial charge on any atom is 0.255 e. The molecule has 0 unspecified atom stereocenters. The first kappa shape index (κ1) is 14.9. The second-order valence-electron chi connectivity index (χ2n) is 4.96. The fourth-order valence-electron chi connectivity index (χ4n) is 2.16. The highest BCUT2D eigenvalue weighted by atomic mass is 16.5. The molecule has 0 saturated carbocycles. The highest BCUT2D eigenvalue weighted by Crippen LogP contribution is 2.16. The minimum atomic E-state index is -0.195. The lowest BCUT2D eigenvalue weighted by Gasteiger charge is -2.06. The van der Waals surface area contributed by atoms with Crippen molar-refractivity contribution in [2.24, 2.45) is 0 Å². The molecule has 0 aliphatic rings. The smallest absolute Gasteiger partial charge is 0.255 e. The van der Waals surface area contributed by atoms with Gasteiger partial charge in [0.1, 0.15) is 0 Å². The van der Waals surface area contributed by atoms with Crippen molar-refractivity contribution in [1.82, 2.24) is 10.1 Å². The normalized spacial score (nSPS) is 10.5. The number of nitrogens with one attached hydrogen (secondary N) is 1. The van der Waals surface area contributed by atoms with Gasteiger partial charge in [-0.15, -0.1) is 0 Å². The van der Waals surface area contributed by atoms with Crippen molar-refractivity contribution in [1.29, 1.82) is 0 Å². The third-order valence-corrected chi connectivity index (χ3v) is 3.38. The zero-order valence-corrected chi connectivity index (χ0v) is 12.3. The molecule has 0 atom stereocenters. The lowest BCUT2D eigenvalue weighted by Crippen LogP contribution is -2.11. The number of aromatic nitrogens is 2. The summed E-state index contributed by atoms with van der Waals surface area (Å²) in [5.74, 6) is 0.288. The lowest BCUT2D eigenvalue weighted by atomic mass is 10.1. The molecule has 0 aliphatic carbocycles. The van der Waals surface area contributed by atoms with Crippen LogP contribution in [0, 0.1) is 0 Å². The van der Waals surface area contributed by atoms with E-state index in [0.29, 0.717) is 23.5 Å². The number of nitrogens with zero attached hydrogens (tertiary/aromatic N) is 2. The molecule has 0 saturated heterocycles. The molecule has 0 fully saturated rings. The van der Waals surface area contributed by atoms with Crippen LogP contribution in [0.1, 0.15) is 15.9 Å². The third kappa shape index (κ3) is 3.61. The van der Waals surface area contributed by atoms with Crippen LogP contribution >= 0.6 is 0 Å². The van der Waals surface area contributed by atoms with Crippen LogP contribution in [0.2, 0.25) is 0 Å². The Labute approximate surface area is 132 Å². The second kappa shape index (κ2) is 6.85. The summed E-state index contributed by atoms with van der Waals surface area (Å²) >= 11 is 0. The number of hydrogen-bond acceptors (Lipinski definition) is 5. The standard InChI is InChI=1S/C17H15N3O3/c21-10-9-12-1-7-15(8-2-12)19-17(22)14-5-3-13(4-6-14)16-18-11-23-20-16/h1-8,11,21H,9-10H2,(H,19,22). The minimum Gasteiger partial charge on any atom is -0.396 e. The van der Waals surface area contributed by atoms with Gasteiger partial charge in [0.15, 0.2) is 0 Å². The van der Waals surface area contributed by atoms with Crippen molar-refractivity contribution < 1.29 is 14.4 Å². The van der Waals surface area contributed by atoms with Crippen LogP contribution in [0.3, 0.4) is 0 Å². The van der Waals surface area contributed by atoms with E-state index in [2.05, 4.69) is 15.5 Å². The van der Waals surface area contributed by atoms with Crippen LogP contribution in [-0.2, 0) is 6.42 Å². The molecule has 6 heteroatoms. The molecular weight excluding hydrogens is 294 g/mol. The molecule has 0 radical (unpaired) electrons. The highest BCUT2D eigenvalue weighted by Gasteiger charge is 2.08. The molecule has 0 bridgehead atoms. The minimum absolute atomic E-state index is 0.110. The Morgan fingerprint density at radius 2 is 1.83 bits per heavy atom. The first-order chi connectivity index (χ1) is 11.3. The van der Waals surface area contributed by atoms with Crippen LogP contribution in [0.15, 0.2) is 59.4 Å². The Morgan fingerprint density at radius 3 is 2.43 bits per heavy atom. The van der Waals surface area contributed by atoms with E-state index in [-0.39, 0.29) is 12.5 Å². The Kier molecular flexibility index (Phi) is 4.44. The average Bonchev–Trinajstić information content (AvgIpc) is 3.11. The Balaban J connectivity index is 1.68. The molecule has 2 aromatic carbocycles. The number of amides is 1. The molecule has 3 rings (SSSR count). The van der Waals surface area contributed by atoms with E-state index in [4.69, 9.17) is 9.63 Å². The molecule has 23 heavy (non-hydrogen) atoms. The van der Waals surface area contributed by atoms with E-state index in [9.17, 15) is 4.79 Å². The van der Waals surface area contributed by atoms with Gasteiger partial charge in [-0.25, -0.2) is 0 Å². The van der Waals surface area contributed by atoms with E-state index in [1.54, 1.807) is 24.3 Å². The van der Waals surface area contributed by atoms with Gasteiger partial charge in [-0.05, 0) is 36.2 Å². The van der Waals surface area contributed by atoms with Gasteiger partial charge in [0, 0.05) is 23.4 Å². The molecule has 1 amide bonds. The number of aliphatic hydroxyl groups excluding tert-OH is 1. The van der Waals surface area contributed by atoms with Gasteiger partial charge in [0.2, 0.25) is 12.2 Å². The van der Waals surface area contributed by atoms with Gasteiger partial charge < -0.3 is 14.9 Å². The van der Waals surface area contributed by atoms with Gasteiger partial charge >= 0.3 is 0 Å². The highest BCUT2D eigenvalue weighted by molar-refractivity contribution is 6.04.